The first-order chi connectivity index (χ1) is 16.1. The summed E-state index contributed by atoms with van der Waals surface area (Å²) >= 11 is 0. The van der Waals surface area contributed by atoms with Crippen molar-refractivity contribution < 1.29 is 22.4 Å². The van der Waals surface area contributed by atoms with Gasteiger partial charge in [-0.25, -0.2) is 12.8 Å². The Morgan fingerprint density at radius 2 is 1.68 bits per heavy atom. The number of carbonyl (C=O) groups is 2. The van der Waals surface area contributed by atoms with Gasteiger partial charge in [-0.05, 0) is 57.2 Å². The average molecular weight is 490 g/mol. The number of amides is 2. The molecule has 1 aliphatic heterocycles. The van der Waals surface area contributed by atoms with Gasteiger partial charge in [-0.15, -0.1) is 0 Å². The van der Waals surface area contributed by atoms with E-state index in [2.05, 4.69) is 10.6 Å². The van der Waals surface area contributed by atoms with Crippen LogP contribution in [0.1, 0.15) is 47.9 Å². The third-order valence-corrected chi connectivity index (χ3v) is 8.37. The zero-order valence-corrected chi connectivity index (χ0v) is 20.7. The van der Waals surface area contributed by atoms with Crippen LogP contribution in [-0.2, 0) is 26.2 Å². The monoisotopic (exact) mass is 489 g/mol. The minimum Gasteiger partial charge on any atom is -0.348 e. The van der Waals surface area contributed by atoms with Crippen molar-refractivity contribution in [2.24, 2.45) is 0 Å². The molecule has 2 aromatic rings. The second-order valence-corrected chi connectivity index (χ2v) is 10.6. The smallest absolute Gasteiger partial charge is 0.309 e. The molecule has 2 aromatic carbocycles. The van der Waals surface area contributed by atoms with Gasteiger partial charge >= 0.3 is 11.8 Å². The Balaban J connectivity index is 1.59. The number of carbonyl (C=O) groups excluding carboxylic acids is 2. The molecule has 0 saturated carbocycles. The molecule has 1 aliphatic rings. The second kappa shape index (κ2) is 11.1. The molecular formula is C25H32FN3O4S. The van der Waals surface area contributed by atoms with Gasteiger partial charge in [-0.3, -0.25) is 9.59 Å². The predicted molar refractivity (Wildman–Crippen MR) is 128 cm³/mol. The number of benzene rings is 2. The van der Waals surface area contributed by atoms with E-state index < -0.39 is 27.7 Å². The standard InChI is InChI=1S/C25H32FN3O4S/c1-17-14-18(2)23(19(3)15-17)34(32,33)29-13-7-6-9-21(29)11-12-27-24(30)25(31)28-16-20-8-4-5-10-22(20)26/h4-5,8,10,14-15,21H,6-7,9,11-13,16H2,1-3H3,(H,27,30)(H,28,31). The Kier molecular flexibility index (Phi) is 8.43. The normalized spacial score (nSPS) is 16.8. The highest BCUT2D eigenvalue weighted by Gasteiger charge is 2.35. The van der Waals surface area contributed by atoms with Gasteiger partial charge in [0.05, 0.1) is 4.90 Å². The number of nitrogens with zero attached hydrogens (tertiary/aromatic N) is 1. The summed E-state index contributed by atoms with van der Waals surface area (Å²) in [6, 6.07) is 9.49. The summed E-state index contributed by atoms with van der Waals surface area (Å²) in [7, 11) is -3.69. The Morgan fingerprint density at radius 1 is 1.03 bits per heavy atom. The second-order valence-electron chi connectivity index (χ2n) is 8.81. The number of nitrogens with one attached hydrogen (secondary N) is 2. The van der Waals surface area contributed by atoms with Gasteiger partial charge < -0.3 is 10.6 Å². The molecule has 1 heterocycles. The number of hydrogen-bond donors (Lipinski definition) is 2. The molecule has 1 saturated heterocycles. The molecule has 34 heavy (non-hydrogen) atoms. The molecule has 2 amide bonds. The summed E-state index contributed by atoms with van der Waals surface area (Å²) in [5, 5.41) is 4.96. The van der Waals surface area contributed by atoms with E-state index in [1.54, 1.807) is 16.4 Å². The summed E-state index contributed by atoms with van der Waals surface area (Å²) < 4.78 is 42.3. The van der Waals surface area contributed by atoms with E-state index >= 15 is 0 Å². The number of aryl methyl sites for hydroxylation is 3. The maximum atomic E-state index is 13.7. The zero-order chi connectivity index (χ0) is 24.9. The third kappa shape index (κ3) is 6.01. The highest BCUT2D eigenvalue weighted by Crippen LogP contribution is 2.31. The summed E-state index contributed by atoms with van der Waals surface area (Å²) in [4.78, 5) is 24.6. The van der Waals surface area contributed by atoms with Crippen LogP contribution in [0.15, 0.2) is 41.3 Å². The molecule has 2 N–H and O–H groups in total. The third-order valence-electron chi connectivity index (χ3n) is 6.11. The van der Waals surface area contributed by atoms with Crippen LogP contribution in [0.4, 0.5) is 4.39 Å². The van der Waals surface area contributed by atoms with Crippen molar-refractivity contribution in [3.8, 4) is 0 Å². The molecule has 1 unspecified atom stereocenters. The number of halogens is 1. The van der Waals surface area contributed by atoms with Crippen LogP contribution in [0, 0.1) is 26.6 Å². The van der Waals surface area contributed by atoms with Gasteiger partial charge in [0.2, 0.25) is 10.0 Å². The SMILES string of the molecule is Cc1cc(C)c(S(=O)(=O)N2CCCCC2CCNC(=O)C(=O)NCc2ccccc2F)c(C)c1. The van der Waals surface area contributed by atoms with Crippen LogP contribution in [0.2, 0.25) is 0 Å². The highest BCUT2D eigenvalue weighted by atomic mass is 32.2. The van der Waals surface area contributed by atoms with E-state index in [0.29, 0.717) is 24.3 Å². The molecule has 0 bridgehead atoms. The van der Waals surface area contributed by atoms with E-state index in [4.69, 9.17) is 0 Å². The number of rotatable bonds is 7. The fourth-order valence-corrected chi connectivity index (χ4v) is 6.74. The van der Waals surface area contributed by atoms with E-state index in [9.17, 15) is 22.4 Å². The quantitative estimate of drug-likeness (QED) is 0.584. The number of hydrogen-bond acceptors (Lipinski definition) is 4. The minimum absolute atomic E-state index is 0.0944. The van der Waals surface area contributed by atoms with Crippen molar-refractivity contribution in [2.75, 3.05) is 13.1 Å². The van der Waals surface area contributed by atoms with E-state index in [0.717, 1.165) is 29.5 Å². The topological polar surface area (TPSA) is 95.6 Å². The van der Waals surface area contributed by atoms with Crippen molar-refractivity contribution in [2.45, 2.75) is 63.9 Å². The lowest BCUT2D eigenvalue weighted by Crippen LogP contribution is -2.46. The summed E-state index contributed by atoms with van der Waals surface area (Å²) in [6.45, 7) is 6.06. The molecule has 184 valence electrons. The average Bonchev–Trinajstić information content (AvgIpc) is 2.77. The zero-order valence-electron chi connectivity index (χ0n) is 19.9. The lowest BCUT2D eigenvalue weighted by atomic mass is 10.0. The van der Waals surface area contributed by atoms with E-state index in [-0.39, 0.29) is 24.7 Å². The van der Waals surface area contributed by atoms with Crippen molar-refractivity contribution in [3.05, 3.63) is 64.5 Å². The van der Waals surface area contributed by atoms with Gasteiger partial charge in [0.25, 0.3) is 0 Å². The number of piperidine rings is 1. The molecule has 7 nitrogen and oxygen atoms in total. The Hall–Kier alpha value is -2.78. The van der Waals surface area contributed by atoms with E-state index in [1.165, 1.54) is 12.1 Å². The first-order valence-corrected chi connectivity index (χ1v) is 12.9. The lowest BCUT2D eigenvalue weighted by Gasteiger charge is -2.35. The van der Waals surface area contributed by atoms with Gasteiger partial charge in [0.1, 0.15) is 5.82 Å². The van der Waals surface area contributed by atoms with Crippen LogP contribution in [0.5, 0.6) is 0 Å². The van der Waals surface area contributed by atoms with Crippen LogP contribution in [-0.4, -0.2) is 43.7 Å². The van der Waals surface area contributed by atoms with Gasteiger partial charge in [0.15, 0.2) is 0 Å². The molecule has 0 aliphatic carbocycles. The molecule has 9 heteroatoms. The molecular weight excluding hydrogens is 457 g/mol. The predicted octanol–water partition coefficient (Wildman–Crippen LogP) is 3.12. The summed E-state index contributed by atoms with van der Waals surface area (Å²) in [5.74, 6) is -2.14. The first-order valence-electron chi connectivity index (χ1n) is 11.5. The fraction of sp³-hybridized carbons (Fsp3) is 0.440. The minimum atomic E-state index is -3.69. The van der Waals surface area contributed by atoms with Crippen LogP contribution in [0.25, 0.3) is 0 Å². The first kappa shape index (κ1) is 25.8. The maximum absolute atomic E-state index is 13.7. The fourth-order valence-electron chi connectivity index (χ4n) is 4.60. The molecule has 3 rings (SSSR count). The Morgan fingerprint density at radius 3 is 2.35 bits per heavy atom. The van der Waals surface area contributed by atoms with Crippen molar-refractivity contribution in [1.82, 2.24) is 14.9 Å². The Labute approximate surface area is 200 Å². The molecule has 1 fully saturated rings. The van der Waals surface area contributed by atoms with Gasteiger partial charge in [-0.1, -0.05) is 42.3 Å². The largest absolute Gasteiger partial charge is 0.348 e. The molecule has 0 aromatic heterocycles. The lowest BCUT2D eigenvalue weighted by molar-refractivity contribution is -0.139. The van der Waals surface area contributed by atoms with Gasteiger partial charge in [-0.2, -0.15) is 4.31 Å². The van der Waals surface area contributed by atoms with Gasteiger partial charge in [0, 0.05) is 31.2 Å². The Bertz CT molecular complexity index is 1140. The highest BCUT2D eigenvalue weighted by molar-refractivity contribution is 7.89. The van der Waals surface area contributed by atoms with Crippen molar-refractivity contribution in [3.63, 3.8) is 0 Å². The van der Waals surface area contributed by atoms with Crippen molar-refractivity contribution >= 4 is 21.8 Å². The van der Waals surface area contributed by atoms with Crippen LogP contribution < -0.4 is 10.6 Å². The van der Waals surface area contributed by atoms with Crippen molar-refractivity contribution in [1.29, 1.82) is 0 Å². The van der Waals surface area contributed by atoms with E-state index in [1.807, 2.05) is 32.9 Å². The molecule has 1 atom stereocenters. The molecule has 0 radical (unpaired) electrons. The summed E-state index contributed by atoms with van der Waals surface area (Å²) in [6.07, 6.45) is 2.78. The molecule has 0 spiro atoms. The number of sulfonamides is 1. The van der Waals surface area contributed by atoms with Crippen LogP contribution in [0.3, 0.4) is 0 Å². The van der Waals surface area contributed by atoms with Crippen LogP contribution >= 0.6 is 0 Å². The maximum Gasteiger partial charge on any atom is 0.309 e. The summed E-state index contributed by atoms with van der Waals surface area (Å²) in [5.41, 5.74) is 2.75.